The van der Waals surface area contributed by atoms with Gasteiger partial charge in [0, 0.05) is 34.9 Å². The minimum atomic E-state index is -1.68. The molecule has 0 aliphatic carbocycles. The van der Waals surface area contributed by atoms with Crippen molar-refractivity contribution in [2.24, 2.45) is 0 Å². The Morgan fingerprint density at radius 2 is 1.05 bits per heavy atom. The number of nitrogens with zero attached hydrogens (tertiary/aromatic N) is 2. The highest BCUT2D eigenvalue weighted by molar-refractivity contribution is 7.67. The van der Waals surface area contributed by atoms with E-state index in [1.54, 1.807) is 0 Å². The summed E-state index contributed by atoms with van der Waals surface area (Å²) >= 11 is 0. The van der Waals surface area contributed by atoms with Crippen LogP contribution in [0.15, 0.2) is 48.5 Å². The Balaban J connectivity index is 2.24. The van der Waals surface area contributed by atoms with Crippen molar-refractivity contribution >= 4 is 30.1 Å². The van der Waals surface area contributed by atoms with Crippen molar-refractivity contribution in [1.82, 2.24) is 0 Å². The molecule has 0 saturated heterocycles. The van der Waals surface area contributed by atoms with Gasteiger partial charge in [0.25, 0.3) is 11.4 Å². The van der Waals surface area contributed by atoms with E-state index in [1.807, 2.05) is 0 Å². The third-order valence-electron chi connectivity index (χ3n) is 2.61. The molecule has 0 saturated carbocycles. The highest BCUT2D eigenvalue weighted by Gasteiger charge is 2.14. The van der Waals surface area contributed by atoms with E-state index in [9.17, 15) is 25.1 Å². The van der Waals surface area contributed by atoms with Gasteiger partial charge in [-0.3, -0.25) is 20.2 Å². The highest BCUT2D eigenvalue weighted by Crippen LogP contribution is 2.29. The number of nitro groups is 2. The third kappa shape index (κ3) is 2.96. The van der Waals surface area contributed by atoms with Gasteiger partial charge in [-0.2, -0.15) is 0 Å². The maximum absolute atomic E-state index is 10.5. The molecule has 0 bridgehead atoms. The zero-order chi connectivity index (χ0) is 14.7. The van der Waals surface area contributed by atoms with Gasteiger partial charge in [-0.05, 0) is 24.3 Å². The number of rotatable bonds is 4. The van der Waals surface area contributed by atoms with Crippen LogP contribution < -0.4 is 10.6 Å². The Hall–Kier alpha value is -2.37. The second-order valence-electron chi connectivity index (χ2n) is 3.86. The number of non-ortho nitro benzene ring substituents is 2. The van der Waals surface area contributed by atoms with Gasteiger partial charge in [0.15, 0.2) is 0 Å². The van der Waals surface area contributed by atoms with E-state index < -0.39 is 18.0 Å². The van der Waals surface area contributed by atoms with Crippen molar-refractivity contribution in [3.8, 4) is 0 Å². The SMILES string of the molecule is O=[N+]([O-])c1ccc(P(O)c2ccc([N+](=O)[O-])cc2)cc1. The molecule has 0 atom stereocenters. The molecule has 0 aromatic heterocycles. The van der Waals surface area contributed by atoms with E-state index in [4.69, 9.17) is 0 Å². The second-order valence-corrected chi connectivity index (χ2v) is 5.52. The minimum absolute atomic E-state index is 0.0548. The molecule has 0 amide bonds. The smallest absolute Gasteiger partial charge is 0.269 e. The highest BCUT2D eigenvalue weighted by atomic mass is 31.1. The average Bonchev–Trinajstić information content (AvgIpc) is 2.46. The summed E-state index contributed by atoms with van der Waals surface area (Å²) in [6.45, 7) is 0. The van der Waals surface area contributed by atoms with Crippen molar-refractivity contribution in [3.63, 3.8) is 0 Å². The summed E-state index contributed by atoms with van der Waals surface area (Å²) in [6.07, 6.45) is 0. The van der Waals surface area contributed by atoms with Crippen molar-refractivity contribution in [3.05, 3.63) is 68.8 Å². The lowest BCUT2D eigenvalue weighted by atomic mass is 10.3. The Bertz CT molecular complexity index is 584. The van der Waals surface area contributed by atoms with Gasteiger partial charge in [-0.1, -0.05) is 0 Å². The molecule has 0 unspecified atom stereocenters. The summed E-state index contributed by atoms with van der Waals surface area (Å²) < 4.78 is 0. The fraction of sp³-hybridized carbons (Fsp3) is 0. The fourth-order valence-corrected chi connectivity index (χ4v) is 2.74. The molecule has 0 aliphatic rings. The van der Waals surface area contributed by atoms with Gasteiger partial charge in [-0.25, -0.2) is 0 Å². The molecule has 7 nitrogen and oxygen atoms in total. The topological polar surface area (TPSA) is 107 Å². The van der Waals surface area contributed by atoms with Gasteiger partial charge in [0.2, 0.25) is 0 Å². The molecule has 0 fully saturated rings. The number of benzene rings is 2. The van der Waals surface area contributed by atoms with Crippen molar-refractivity contribution in [2.45, 2.75) is 0 Å². The average molecular weight is 292 g/mol. The van der Waals surface area contributed by atoms with E-state index >= 15 is 0 Å². The van der Waals surface area contributed by atoms with Crippen LogP contribution in [0.25, 0.3) is 0 Å². The standard InChI is InChI=1S/C12H9N2O5P/c15-13(16)9-1-5-11(6-2-9)20(19)12-7-3-10(4-8-12)14(17)18/h1-8,19H. The van der Waals surface area contributed by atoms with Crippen LogP contribution in [0.5, 0.6) is 0 Å². The summed E-state index contributed by atoms with van der Waals surface area (Å²) in [5.74, 6) is 0. The van der Waals surface area contributed by atoms with Crippen LogP contribution in [-0.2, 0) is 0 Å². The maximum Gasteiger partial charge on any atom is 0.269 e. The predicted molar refractivity (Wildman–Crippen MR) is 74.6 cm³/mol. The Morgan fingerprint density at radius 1 is 0.750 bits per heavy atom. The van der Waals surface area contributed by atoms with Crippen LogP contribution in [0.1, 0.15) is 0 Å². The summed E-state index contributed by atoms with van der Waals surface area (Å²) in [4.78, 5) is 30.2. The first-order valence-corrected chi connectivity index (χ1v) is 6.76. The largest absolute Gasteiger partial charge is 0.364 e. The molecule has 8 heteroatoms. The zero-order valence-corrected chi connectivity index (χ0v) is 10.9. The van der Waals surface area contributed by atoms with Crippen LogP contribution in [0.3, 0.4) is 0 Å². The molecule has 0 radical (unpaired) electrons. The second kappa shape index (κ2) is 5.73. The fourth-order valence-electron chi connectivity index (χ4n) is 1.58. The summed E-state index contributed by atoms with van der Waals surface area (Å²) in [5.41, 5.74) is -0.110. The summed E-state index contributed by atoms with van der Waals surface area (Å²) in [5, 5.41) is 22.2. The lowest BCUT2D eigenvalue weighted by Gasteiger charge is -2.10. The third-order valence-corrected chi connectivity index (χ3v) is 4.18. The first kappa shape index (κ1) is 14.0. The zero-order valence-electron chi connectivity index (χ0n) is 10.0. The molecule has 0 spiro atoms. The van der Waals surface area contributed by atoms with E-state index in [1.165, 1.54) is 48.5 Å². The Labute approximate surface area is 114 Å². The van der Waals surface area contributed by atoms with Crippen molar-refractivity contribution in [1.29, 1.82) is 0 Å². The van der Waals surface area contributed by atoms with Gasteiger partial charge in [0.1, 0.15) is 0 Å². The molecule has 2 rings (SSSR count). The molecular weight excluding hydrogens is 283 g/mol. The van der Waals surface area contributed by atoms with Crippen LogP contribution in [0.4, 0.5) is 11.4 Å². The number of nitro benzene ring substituents is 2. The molecular formula is C12H9N2O5P. The van der Waals surface area contributed by atoms with Crippen molar-refractivity contribution < 1.29 is 14.7 Å². The predicted octanol–water partition coefficient (Wildman–Crippen LogP) is 1.84. The van der Waals surface area contributed by atoms with Crippen LogP contribution in [-0.4, -0.2) is 14.7 Å². The van der Waals surface area contributed by atoms with Crippen LogP contribution in [0, 0.1) is 20.2 Å². The first-order chi connectivity index (χ1) is 9.49. The van der Waals surface area contributed by atoms with Crippen molar-refractivity contribution in [2.75, 3.05) is 0 Å². The van der Waals surface area contributed by atoms with Crippen LogP contribution >= 0.6 is 8.15 Å². The van der Waals surface area contributed by atoms with Gasteiger partial charge < -0.3 is 4.89 Å². The first-order valence-electron chi connectivity index (χ1n) is 5.47. The number of hydrogen-bond acceptors (Lipinski definition) is 5. The normalized spacial score (nSPS) is 10.5. The monoisotopic (exact) mass is 292 g/mol. The van der Waals surface area contributed by atoms with E-state index in [0.29, 0.717) is 10.6 Å². The van der Waals surface area contributed by atoms with Gasteiger partial charge in [-0.15, -0.1) is 0 Å². The maximum atomic E-state index is 10.5. The lowest BCUT2D eigenvalue weighted by molar-refractivity contribution is -0.385. The molecule has 20 heavy (non-hydrogen) atoms. The summed E-state index contributed by atoms with van der Waals surface area (Å²) in [6, 6.07) is 11.2. The van der Waals surface area contributed by atoms with Gasteiger partial charge >= 0.3 is 0 Å². The molecule has 1 N–H and O–H groups in total. The minimum Gasteiger partial charge on any atom is -0.364 e. The quantitative estimate of drug-likeness (QED) is 0.525. The van der Waals surface area contributed by atoms with E-state index in [0.717, 1.165) is 0 Å². The molecule has 2 aromatic rings. The van der Waals surface area contributed by atoms with E-state index in [-0.39, 0.29) is 11.4 Å². The Morgan fingerprint density at radius 3 is 1.30 bits per heavy atom. The van der Waals surface area contributed by atoms with E-state index in [2.05, 4.69) is 0 Å². The number of hydrogen-bond donors (Lipinski definition) is 1. The molecule has 2 aromatic carbocycles. The lowest BCUT2D eigenvalue weighted by Crippen LogP contribution is -2.11. The van der Waals surface area contributed by atoms with Gasteiger partial charge in [0.05, 0.1) is 18.0 Å². The summed E-state index contributed by atoms with van der Waals surface area (Å²) in [7, 11) is -1.68. The molecule has 0 heterocycles. The molecule has 102 valence electrons. The van der Waals surface area contributed by atoms with Crippen LogP contribution in [0.2, 0.25) is 0 Å². The molecule has 0 aliphatic heterocycles. The Kier molecular flexibility index (Phi) is 4.02.